The average molecular weight is 316 g/mol. The molecular formula is C18H24N2OS. The minimum absolute atomic E-state index is 0.303. The topological polar surface area (TPSA) is 38.1 Å². The number of para-hydroxylation sites is 1. The number of aliphatic hydroxyl groups excluding tert-OH is 1. The second kappa shape index (κ2) is 7.84. The number of hydrogen-bond acceptors (Lipinski definition) is 3. The minimum Gasteiger partial charge on any atom is -0.396 e. The van der Waals surface area contributed by atoms with Crippen LogP contribution in [0, 0.1) is 0 Å². The Kier molecular flexibility index (Phi) is 5.57. The summed E-state index contributed by atoms with van der Waals surface area (Å²) in [5.74, 6) is 1.07. The summed E-state index contributed by atoms with van der Waals surface area (Å²) < 4.78 is 2.37. The Morgan fingerprint density at radius 2 is 1.86 bits per heavy atom. The van der Waals surface area contributed by atoms with Gasteiger partial charge >= 0.3 is 0 Å². The Balaban J connectivity index is 1.81. The second-order valence-corrected chi connectivity index (χ2v) is 6.86. The lowest BCUT2D eigenvalue weighted by Crippen LogP contribution is -2.07. The van der Waals surface area contributed by atoms with Crippen LogP contribution in [0.2, 0.25) is 0 Å². The van der Waals surface area contributed by atoms with E-state index >= 15 is 0 Å². The summed E-state index contributed by atoms with van der Waals surface area (Å²) in [6, 6.07) is 10.6. The van der Waals surface area contributed by atoms with Crippen LogP contribution in [0.25, 0.3) is 5.69 Å². The van der Waals surface area contributed by atoms with Crippen LogP contribution >= 0.6 is 11.8 Å². The number of aliphatic hydroxyl groups is 1. The molecule has 0 saturated carbocycles. The quantitative estimate of drug-likeness (QED) is 0.619. The summed E-state index contributed by atoms with van der Waals surface area (Å²) in [4.78, 5) is 4.92. The number of imidazole rings is 1. The van der Waals surface area contributed by atoms with Crippen molar-refractivity contribution in [1.82, 2.24) is 9.55 Å². The summed E-state index contributed by atoms with van der Waals surface area (Å²) in [6.07, 6.45) is 7.93. The molecule has 0 saturated heterocycles. The van der Waals surface area contributed by atoms with Gasteiger partial charge in [-0.25, -0.2) is 4.98 Å². The van der Waals surface area contributed by atoms with E-state index in [0.717, 1.165) is 43.0 Å². The molecule has 0 radical (unpaired) electrons. The predicted molar refractivity (Wildman–Crippen MR) is 91.9 cm³/mol. The molecule has 0 spiro atoms. The van der Waals surface area contributed by atoms with Gasteiger partial charge in [0.2, 0.25) is 0 Å². The summed E-state index contributed by atoms with van der Waals surface area (Å²) in [6.45, 7) is 0.303. The highest BCUT2D eigenvalue weighted by Crippen LogP contribution is 2.31. The maximum Gasteiger partial charge on any atom is 0.173 e. The Morgan fingerprint density at radius 3 is 2.68 bits per heavy atom. The molecule has 0 amide bonds. The van der Waals surface area contributed by atoms with Gasteiger partial charge < -0.3 is 5.11 Å². The number of benzene rings is 1. The van der Waals surface area contributed by atoms with Crippen LogP contribution in [0.15, 0.2) is 35.5 Å². The van der Waals surface area contributed by atoms with Crippen LogP contribution in [-0.2, 0) is 12.8 Å². The van der Waals surface area contributed by atoms with E-state index < -0.39 is 0 Å². The lowest BCUT2D eigenvalue weighted by molar-refractivity contribution is 0.284. The smallest absolute Gasteiger partial charge is 0.173 e. The largest absolute Gasteiger partial charge is 0.396 e. The molecule has 1 aromatic carbocycles. The van der Waals surface area contributed by atoms with Gasteiger partial charge in [-0.3, -0.25) is 4.57 Å². The van der Waals surface area contributed by atoms with Gasteiger partial charge in [0.1, 0.15) is 0 Å². The Morgan fingerprint density at radius 1 is 1.05 bits per heavy atom. The number of thioether (sulfide) groups is 1. The number of unbranched alkanes of at least 4 members (excludes halogenated alkanes) is 2. The normalized spacial score (nSPS) is 14.0. The van der Waals surface area contributed by atoms with Gasteiger partial charge in [-0.2, -0.15) is 0 Å². The summed E-state index contributed by atoms with van der Waals surface area (Å²) in [7, 11) is 0. The first-order valence-corrected chi connectivity index (χ1v) is 9.28. The highest BCUT2D eigenvalue weighted by Gasteiger charge is 2.20. The molecule has 0 bridgehead atoms. The number of fused-ring (bicyclic) bond motifs is 1. The molecule has 0 aliphatic heterocycles. The molecule has 118 valence electrons. The second-order valence-electron chi connectivity index (χ2n) is 5.80. The zero-order valence-corrected chi connectivity index (χ0v) is 13.8. The monoisotopic (exact) mass is 316 g/mol. The van der Waals surface area contributed by atoms with Gasteiger partial charge in [0.25, 0.3) is 0 Å². The van der Waals surface area contributed by atoms with Crippen LogP contribution in [0.1, 0.15) is 43.5 Å². The van der Waals surface area contributed by atoms with Gasteiger partial charge in [0.15, 0.2) is 5.16 Å². The van der Waals surface area contributed by atoms with E-state index in [4.69, 9.17) is 10.1 Å². The fourth-order valence-corrected chi connectivity index (χ4v) is 4.06. The molecule has 4 heteroatoms. The highest BCUT2D eigenvalue weighted by atomic mass is 32.2. The van der Waals surface area contributed by atoms with Crippen molar-refractivity contribution in [1.29, 1.82) is 0 Å². The molecule has 0 atom stereocenters. The molecule has 22 heavy (non-hydrogen) atoms. The molecule has 0 fully saturated rings. The minimum atomic E-state index is 0.303. The number of nitrogens with zero attached hydrogens (tertiary/aromatic N) is 2. The van der Waals surface area contributed by atoms with Gasteiger partial charge in [-0.05, 0) is 50.7 Å². The van der Waals surface area contributed by atoms with E-state index in [1.165, 1.54) is 29.9 Å². The van der Waals surface area contributed by atoms with Crippen LogP contribution in [0.4, 0.5) is 0 Å². The lowest BCUT2D eigenvalue weighted by atomic mass is 10.0. The van der Waals surface area contributed by atoms with Gasteiger partial charge in [-0.15, -0.1) is 0 Å². The van der Waals surface area contributed by atoms with Crippen molar-refractivity contribution in [3.63, 3.8) is 0 Å². The molecule has 1 aliphatic rings. The van der Waals surface area contributed by atoms with E-state index in [0.29, 0.717) is 6.61 Å². The fraction of sp³-hybridized carbons (Fsp3) is 0.500. The van der Waals surface area contributed by atoms with E-state index in [2.05, 4.69) is 34.9 Å². The van der Waals surface area contributed by atoms with Crippen molar-refractivity contribution in [3.05, 3.63) is 41.7 Å². The average Bonchev–Trinajstić information content (AvgIpc) is 2.93. The van der Waals surface area contributed by atoms with Crippen molar-refractivity contribution in [2.24, 2.45) is 0 Å². The first-order valence-electron chi connectivity index (χ1n) is 8.29. The van der Waals surface area contributed by atoms with E-state index in [1.807, 2.05) is 11.8 Å². The third-order valence-corrected chi connectivity index (χ3v) is 5.17. The van der Waals surface area contributed by atoms with Crippen molar-refractivity contribution in [2.45, 2.75) is 50.1 Å². The molecular weight excluding hydrogens is 292 g/mol. The van der Waals surface area contributed by atoms with E-state index in [-0.39, 0.29) is 0 Å². The summed E-state index contributed by atoms with van der Waals surface area (Å²) in [5, 5.41) is 10.0. The van der Waals surface area contributed by atoms with Gasteiger partial charge in [-0.1, -0.05) is 36.4 Å². The Bertz CT molecular complexity index is 595. The van der Waals surface area contributed by atoms with Gasteiger partial charge in [0, 0.05) is 23.7 Å². The third-order valence-electron chi connectivity index (χ3n) is 4.15. The zero-order valence-electron chi connectivity index (χ0n) is 13.0. The maximum atomic E-state index is 8.86. The molecule has 3 rings (SSSR count). The SMILES string of the molecule is OCCCCCSc1nc2c(n1-c1ccccc1)CCCC2. The van der Waals surface area contributed by atoms with Crippen molar-refractivity contribution < 1.29 is 5.11 Å². The first kappa shape index (κ1) is 15.6. The number of aromatic nitrogens is 2. The molecule has 1 N–H and O–H groups in total. The number of rotatable bonds is 7. The molecule has 1 aliphatic carbocycles. The van der Waals surface area contributed by atoms with Crippen LogP contribution < -0.4 is 0 Å². The van der Waals surface area contributed by atoms with E-state index in [1.54, 1.807) is 0 Å². The Labute approximate surface area is 136 Å². The summed E-state index contributed by atoms with van der Waals surface area (Å²) >= 11 is 1.86. The number of hydrogen-bond donors (Lipinski definition) is 1. The van der Waals surface area contributed by atoms with Crippen LogP contribution in [0.3, 0.4) is 0 Å². The maximum absolute atomic E-state index is 8.86. The molecule has 1 heterocycles. The lowest BCUT2D eigenvalue weighted by Gasteiger charge is -2.15. The molecule has 3 nitrogen and oxygen atoms in total. The predicted octanol–water partition coefficient (Wildman–Crippen LogP) is 4.01. The molecule has 1 aromatic heterocycles. The van der Waals surface area contributed by atoms with Crippen molar-refractivity contribution >= 4 is 11.8 Å². The Hall–Kier alpha value is -1.26. The highest BCUT2D eigenvalue weighted by molar-refractivity contribution is 7.99. The van der Waals surface area contributed by atoms with Crippen LogP contribution in [0.5, 0.6) is 0 Å². The third kappa shape index (κ3) is 3.55. The first-order chi connectivity index (χ1) is 10.9. The van der Waals surface area contributed by atoms with Crippen LogP contribution in [-0.4, -0.2) is 27.0 Å². The van der Waals surface area contributed by atoms with Crippen molar-refractivity contribution in [2.75, 3.05) is 12.4 Å². The van der Waals surface area contributed by atoms with Crippen molar-refractivity contribution in [3.8, 4) is 5.69 Å². The number of aryl methyl sites for hydroxylation is 1. The summed E-state index contributed by atoms with van der Waals surface area (Å²) in [5.41, 5.74) is 3.94. The van der Waals surface area contributed by atoms with Gasteiger partial charge in [0.05, 0.1) is 5.69 Å². The zero-order chi connectivity index (χ0) is 15.2. The molecule has 2 aromatic rings. The fourth-order valence-electron chi connectivity index (χ4n) is 3.01. The molecule has 0 unspecified atom stereocenters. The van der Waals surface area contributed by atoms with E-state index in [9.17, 15) is 0 Å². The standard InChI is InChI=1S/C18H24N2OS/c21-13-7-2-8-14-22-18-19-16-11-5-6-12-17(16)20(18)15-9-3-1-4-10-15/h1,3-4,9-10,21H,2,5-8,11-14H2.